The van der Waals surface area contributed by atoms with Crippen molar-refractivity contribution in [3.8, 4) is 5.75 Å². The molecule has 0 aliphatic heterocycles. The standard InChI is InChI=1S/C27H26ClFN4O/c28-25-16-31-11-7-23(25)24-4-1-3-18-13-21(34)5-6-22(18)27(24)19-8-12-33-17-20(32-26(33)14-19)15-30-10-2-9-29/h5-8,11-14,16-17,30,34H,1-4,9-10,15H2. The highest BCUT2D eigenvalue weighted by atomic mass is 35.5. The molecule has 4 aromatic rings. The zero-order valence-electron chi connectivity index (χ0n) is 18.8. The van der Waals surface area contributed by atoms with E-state index in [0.29, 0.717) is 24.5 Å². The molecule has 0 atom stereocenters. The Labute approximate surface area is 203 Å². The van der Waals surface area contributed by atoms with Crippen LogP contribution in [0.1, 0.15) is 47.2 Å². The Morgan fingerprint density at radius 1 is 1.12 bits per heavy atom. The van der Waals surface area contributed by atoms with Gasteiger partial charge in [-0.15, -0.1) is 0 Å². The second kappa shape index (κ2) is 9.95. The van der Waals surface area contributed by atoms with E-state index >= 15 is 0 Å². The molecule has 5 rings (SSSR count). The average molecular weight is 477 g/mol. The van der Waals surface area contributed by atoms with Crippen molar-refractivity contribution in [2.45, 2.75) is 32.2 Å². The van der Waals surface area contributed by atoms with Gasteiger partial charge in [-0.05, 0) is 96.0 Å². The first-order valence-corrected chi connectivity index (χ1v) is 11.9. The number of benzene rings is 1. The molecule has 0 amide bonds. The molecule has 0 saturated heterocycles. The van der Waals surface area contributed by atoms with E-state index in [0.717, 1.165) is 58.4 Å². The zero-order chi connectivity index (χ0) is 23.5. The number of imidazole rings is 1. The number of rotatable bonds is 7. The highest BCUT2D eigenvalue weighted by molar-refractivity contribution is 6.32. The molecule has 1 aromatic carbocycles. The number of hydrogen-bond acceptors (Lipinski definition) is 4. The summed E-state index contributed by atoms with van der Waals surface area (Å²) in [4.78, 5) is 8.95. The Kier molecular flexibility index (Phi) is 6.61. The Hall–Kier alpha value is -3.22. The van der Waals surface area contributed by atoms with E-state index in [2.05, 4.69) is 22.4 Å². The lowest BCUT2D eigenvalue weighted by atomic mass is 9.88. The normalized spacial score (nSPS) is 13.8. The van der Waals surface area contributed by atoms with E-state index in [9.17, 15) is 9.50 Å². The number of aromatic nitrogens is 3. The first-order chi connectivity index (χ1) is 16.6. The van der Waals surface area contributed by atoms with Gasteiger partial charge in [0.25, 0.3) is 0 Å². The van der Waals surface area contributed by atoms with Crippen molar-refractivity contribution in [3.63, 3.8) is 0 Å². The van der Waals surface area contributed by atoms with Crippen molar-refractivity contribution in [1.29, 1.82) is 0 Å². The van der Waals surface area contributed by atoms with Crippen LogP contribution in [0.3, 0.4) is 0 Å². The molecule has 1 aliphatic carbocycles. The molecule has 5 nitrogen and oxygen atoms in total. The van der Waals surface area contributed by atoms with Crippen molar-refractivity contribution in [2.75, 3.05) is 13.2 Å². The number of phenols is 1. The van der Waals surface area contributed by atoms with Crippen LogP contribution in [0.5, 0.6) is 5.75 Å². The van der Waals surface area contributed by atoms with Gasteiger partial charge < -0.3 is 14.8 Å². The van der Waals surface area contributed by atoms with Crippen LogP contribution in [0.4, 0.5) is 4.39 Å². The fourth-order valence-corrected chi connectivity index (χ4v) is 4.91. The van der Waals surface area contributed by atoms with Crippen molar-refractivity contribution in [3.05, 3.63) is 94.2 Å². The summed E-state index contributed by atoms with van der Waals surface area (Å²) in [6, 6.07) is 11.8. The van der Waals surface area contributed by atoms with Crippen molar-refractivity contribution in [2.24, 2.45) is 0 Å². The number of phenolic OH excluding ortho intramolecular Hbond substituents is 1. The van der Waals surface area contributed by atoms with Gasteiger partial charge in [-0.3, -0.25) is 9.37 Å². The number of nitrogens with one attached hydrogen (secondary N) is 1. The van der Waals surface area contributed by atoms with Gasteiger partial charge in [0.2, 0.25) is 0 Å². The summed E-state index contributed by atoms with van der Waals surface area (Å²) in [7, 11) is 0. The lowest BCUT2D eigenvalue weighted by Gasteiger charge is -2.17. The van der Waals surface area contributed by atoms with Crippen LogP contribution in [0.2, 0.25) is 5.02 Å². The van der Waals surface area contributed by atoms with Crippen LogP contribution in [-0.4, -0.2) is 32.7 Å². The second-order valence-corrected chi connectivity index (χ2v) is 8.94. The summed E-state index contributed by atoms with van der Waals surface area (Å²) < 4.78 is 14.4. The Balaban J connectivity index is 1.64. The minimum atomic E-state index is -0.320. The summed E-state index contributed by atoms with van der Waals surface area (Å²) in [6.45, 7) is 0.904. The molecule has 0 bridgehead atoms. The van der Waals surface area contributed by atoms with Crippen LogP contribution in [0.15, 0.2) is 61.2 Å². The van der Waals surface area contributed by atoms with Crippen molar-refractivity contribution >= 4 is 28.4 Å². The molecule has 0 saturated carbocycles. The molecule has 0 fully saturated rings. The van der Waals surface area contributed by atoms with Gasteiger partial charge in [-0.25, -0.2) is 4.98 Å². The SMILES string of the molecule is Oc1ccc2c(c1)CCCC(c1ccncc1Cl)=C2c1ccn2cc(CNCCCF)nc2c1. The minimum absolute atomic E-state index is 0.275. The first kappa shape index (κ1) is 22.6. The zero-order valence-corrected chi connectivity index (χ0v) is 19.5. The first-order valence-electron chi connectivity index (χ1n) is 11.5. The number of allylic oxidation sites excluding steroid dienone is 1. The molecule has 0 unspecified atom stereocenters. The highest BCUT2D eigenvalue weighted by Crippen LogP contribution is 2.42. The number of aromatic hydroxyl groups is 1. The predicted molar refractivity (Wildman–Crippen MR) is 134 cm³/mol. The van der Waals surface area contributed by atoms with Crippen LogP contribution in [0, 0.1) is 0 Å². The fourth-order valence-electron chi connectivity index (χ4n) is 4.68. The Morgan fingerprint density at radius 2 is 2.03 bits per heavy atom. The lowest BCUT2D eigenvalue weighted by molar-refractivity contribution is 0.458. The number of nitrogens with zero attached hydrogens (tertiary/aromatic N) is 3. The van der Waals surface area contributed by atoms with Crippen molar-refractivity contribution in [1.82, 2.24) is 19.7 Å². The molecule has 2 N–H and O–H groups in total. The molecule has 0 radical (unpaired) electrons. The number of alkyl halides is 1. The summed E-state index contributed by atoms with van der Waals surface area (Å²) in [5.74, 6) is 0.275. The van der Waals surface area contributed by atoms with Crippen LogP contribution in [0.25, 0.3) is 16.8 Å². The Bertz CT molecular complexity index is 1360. The third-order valence-electron chi connectivity index (χ3n) is 6.22. The maximum atomic E-state index is 12.4. The quantitative estimate of drug-likeness (QED) is 0.329. The average Bonchev–Trinajstić information content (AvgIpc) is 3.15. The number of aryl methyl sites for hydroxylation is 1. The van der Waals surface area contributed by atoms with Crippen LogP contribution < -0.4 is 5.32 Å². The third-order valence-corrected chi connectivity index (χ3v) is 6.52. The topological polar surface area (TPSA) is 62.5 Å². The van der Waals surface area contributed by atoms with Crippen LogP contribution in [-0.2, 0) is 13.0 Å². The molecule has 1 aliphatic rings. The van der Waals surface area contributed by atoms with Gasteiger partial charge in [0.1, 0.15) is 11.4 Å². The maximum absolute atomic E-state index is 12.4. The van der Waals surface area contributed by atoms with Crippen molar-refractivity contribution < 1.29 is 9.50 Å². The number of pyridine rings is 2. The molecular weight excluding hydrogens is 451 g/mol. The molecule has 3 aromatic heterocycles. The van der Waals surface area contributed by atoms with E-state index in [1.54, 1.807) is 18.5 Å². The smallest absolute Gasteiger partial charge is 0.137 e. The van der Waals surface area contributed by atoms with Crippen LogP contribution >= 0.6 is 11.6 Å². The molecule has 0 spiro atoms. The summed E-state index contributed by atoms with van der Waals surface area (Å²) in [5, 5.41) is 14.0. The highest BCUT2D eigenvalue weighted by Gasteiger charge is 2.22. The monoisotopic (exact) mass is 476 g/mol. The van der Waals surface area contributed by atoms with E-state index in [1.807, 2.05) is 35.0 Å². The number of fused-ring (bicyclic) bond motifs is 2. The molecule has 7 heteroatoms. The van der Waals surface area contributed by atoms with Gasteiger partial charge in [0.05, 0.1) is 17.4 Å². The largest absolute Gasteiger partial charge is 0.508 e. The third kappa shape index (κ3) is 4.56. The van der Waals surface area contributed by atoms with Gasteiger partial charge in [-0.1, -0.05) is 17.7 Å². The van der Waals surface area contributed by atoms with Gasteiger partial charge >= 0.3 is 0 Å². The minimum Gasteiger partial charge on any atom is -0.508 e. The summed E-state index contributed by atoms with van der Waals surface area (Å²) in [6.07, 6.45) is 10.7. The van der Waals surface area contributed by atoms with Gasteiger partial charge in [0.15, 0.2) is 0 Å². The summed E-state index contributed by atoms with van der Waals surface area (Å²) >= 11 is 6.60. The van der Waals surface area contributed by atoms with E-state index < -0.39 is 0 Å². The lowest BCUT2D eigenvalue weighted by Crippen LogP contribution is -2.15. The van der Waals surface area contributed by atoms with E-state index in [-0.39, 0.29) is 12.4 Å². The predicted octanol–water partition coefficient (Wildman–Crippen LogP) is 5.83. The Morgan fingerprint density at radius 3 is 2.88 bits per heavy atom. The molecular formula is C27H26ClFN4O. The van der Waals surface area contributed by atoms with E-state index in [4.69, 9.17) is 16.6 Å². The molecule has 34 heavy (non-hydrogen) atoms. The summed E-state index contributed by atoms with van der Waals surface area (Å²) in [5.41, 5.74) is 8.28. The molecule has 3 heterocycles. The number of halogens is 2. The van der Waals surface area contributed by atoms with Gasteiger partial charge in [0, 0.05) is 31.3 Å². The maximum Gasteiger partial charge on any atom is 0.137 e. The number of hydrogen-bond donors (Lipinski definition) is 2. The second-order valence-electron chi connectivity index (χ2n) is 8.54. The fraction of sp³-hybridized carbons (Fsp3) is 0.259. The van der Waals surface area contributed by atoms with E-state index in [1.165, 1.54) is 5.57 Å². The van der Waals surface area contributed by atoms with Gasteiger partial charge in [-0.2, -0.15) is 0 Å². The molecule has 174 valence electrons.